The molecule has 1 saturated heterocycles. The number of aromatic nitrogens is 2. The summed E-state index contributed by atoms with van der Waals surface area (Å²) in [6, 6.07) is 20.0. The molecule has 0 bridgehead atoms. The number of ketones is 1. The molecule has 0 saturated carbocycles. The first-order chi connectivity index (χ1) is 18.4. The number of hydrogen-bond donors (Lipinski definition) is 1. The monoisotopic (exact) mass is 511 g/mol. The van der Waals surface area contributed by atoms with E-state index in [-0.39, 0.29) is 30.2 Å². The van der Waals surface area contributed by atoms with E-state index >= 15 is 0 Å². The first-order valence-electron chi connectivity index (χ1n) is 12.4. The lowest BCUT2D eigenvalue weighted by molar-refractivity contribution is -0.140. The second-order valence-corrected chi connectivity index (χ2v) is 9.26. The molecule has 2 aromatic carbocycles. The van der Waals surface area contributed by atoms with Gasteiger partial charge in [-0.05, 0) is 48.7 Å². The molecule has 194 valence electrons. The summed E-state index contributed by atoms with van der Waals surface area (Å²) >= 11 is 0. The van der Waals surface area contributed by atoms with Crippen molar-refractivity contribution in [3.63, 3.8) is 0 Å². The van der Waals surface area contributed by atoms with Gasteiger partial charge in [0.2, 0.25) is 0 Å². The fourth-order valence-electron chi connectivity index (χ4n) is 4.84. The van der Waals surface area contributed by atoms with Gasteiger partial charge in [0.15, 0.2) is 5.76 Å². The van der Waals surface area contributed by atoms with Crippen molar-refractivity contribution in [3.05, 3.63) is 107 Å². The second kappa shape index (κ2) is 10.5. The van der Waals surface area contributed by atoms with Gasteiger partial charge in [-0.25, -0.2) is 4.98 Å². The summed E-state index contributed by atoms with van der Waals surface area (Å²) in [6.45, 7) is 4.54. The van der Waals surface area contributed by atoms with Crippen molar-refractivity contribution in [3.8, 4) is 5.75 Å². The van der Waals surface area contributed by atoms with Gasteiger partial charge < -0.3 is 23.9 Å². The number of hydrogen-bond acceptors (Lipinski definition) is 6. The minimum atomic E-state index is -0.823. The number of Topliss-reactive ketones (excluding diaryl/α,β-unsaturated/α-hetero) is 1. The van der Waals surface area contributed by atoms with Gasteiger partial charge in [0.1, 0.15) is 23.7 Å². The van der Waals surface area contributed by atoms with E-state index in [1.165, 1.54) is 12.0 Å². The number of imidazole rings is 1. The molecule has 1 amide bonds. The summed E-state index contributed by atoms with van der Waals surface area (Å²) in [4.78, 5) is 32.6. The number of methoxy groups -OCH3 is 1. The van der Waals surface area contributed by atoms with Crippen molar-refractivity contribution in [2.24, 2.45) is 0 Å². The number of pyridine rings is 1. The van der Waals surface area contributed by atoms with Crippen molar-refractivity contribution in [2.75, 3.05) is 20.3 Å². The minimum Gasteiger partial charge on any atom is -0.505 e. The third-order valence-electron chi connectivity index (χ3n) is 6.81. The average Bonchev–Trinajstić information content (AvgIpc) is 3.41. The Morgan fingerprint density at radius 2 is 1.82 bits per heavy atom. The Kier molecular flexibility index (Phi) is 6.98. The predicted octanol–water partition coefficient (Wildman–Crippen LogP) is 4.60. The Morgan fingerprint density at radius 1 is 1.03 bits per heavy atom. The van der Waals surface area contributed by atoms with Crippen LogP contribution in [0.4, 0.5) is 0 Å². The van der Waals surface area contributed by atoms with Gasteiger partial charge in [0.05, 0.1) is 23.9 Å². The van der Waals surface area contributed by atoms with Crippen LogP contribution in [-0.2, 0) is 20.9 Å². The number of rotatable bonds is 8. The first-order valence-corrected chi connectivity index (χ1v) is 12.4. The molecule has 0 aliphatic carbocycles. The van der Waals surface area contributed by atoms with Crippen LogP contribution in [0.2, 0.25) is 0 Å². The van der Waals surface area contributed by atoms with Crippen molar-refractivity contribution >= 4 is 23.1 Å². The molecule has 38 heavy (non-hydrogen) atoms. The number of ether oxygens (including phenoxy) is 2. The van der Waals surface area contributed by atoms with E-state index in [1.807, 2.05) is 85.1 Å². The number of benzene rings is 2. The maximum absolute atomic E-state index is 13.4. The van der Waals surface area contributed by atoms with Crippen LogP contribution in [0.25, 0.3) is 11.4 Å². The van der Waals surface area contributed by atoms with Crippen LogP contribution in [0, 0.1) is 13.8 Å². The molecule has 4 aromatic rings. The number of fused-ring (bicyclic) bond motifs is 1. The number of aryl methyl sites for hydroxylation is 2. The molecule has 8 heteroatoms. The lowest BCUT2D eigenvalue weighted by atomic mass is 9.96. The molecule has 8 nitrogen and oxygen atoms in total. The SMILES string of the molecule is COCCN1C(=O)C(=O)C(=C(O)c2nc3c(C)cccn3c2C)C1c1cccc(OCc2ccccc2)c1. The summed E-state index contributed by atoms with van der Waals surface area (Å²) < 4.78 is 13.1. The summed E-state index contributed by atoms with van der Waals surface area (Å²) in [5.74, 6) is -1.16. The molecule has 1 N–H and O–H groups in total. The highest BCUT2D eigenvalue weighted by atomic mass is 16.5. The molecule has 1 aliphatic rings. The number of aliphatic hydroxyl groups is 1. The molecule has 0 radical (unpaired) electrons. The van der Waals surface area contributed by atoms with Crippen LogP contribution in [0.5, 0.6) is 5.75 Å². The van der Waals surface area contributed by atoms with Gasteiger partial charge in [0, 0.05) is 19.9 Å². The molecule has 1 unspecified atom stereocenters. The van der Waals surface area contributed by atoms with E-state index in [0.717, 1.165) is 11.1 Å². The van der Waals surface area contributed by atoms with Gasteiger partial charge in [-0.2, -0.15) is 0 Å². The summed E-state index contributed by atoms with van der Waals surface area (Å²) in [7, 11) is 1.53. The quantitative estimate of drug-likeness (QED) is 0.211. The molecule has 3 heterocycles. The van der Waals surface area contributed by atoms with Crippen molar-refractivity contribution in [1.82, 2.24) is 14.3 Å². The van der Waals surface area contributed by atoms with E-state index in [1.54, 1.807) is 6.07 Å². The van der Waals surface area contributed by atoms with E-state index < -0.39 is 17.7 Å². The largest absolute Gasteiger partial charge is 0.505 e. The number of nitrogens with zero attached hydrogens (tertiary/aromatic N) is 3. The zero-order valence-electron chi connectivity index (χ0n) is 21.5. The third kappa shape index (κ3) is 4.54. The molecule has 1 fully saturated rings. The maximum atomic E-state index is 13.4. The van der Waals surface area contributed by atoms with Crippen LogP contribution in [0.1, 0.15) is 34.1 Å². The Labute approximate surface area is 220 Å². The Hall–Kier alpha value is -4.43. The van der Waals surface area contributed by atoms with Gasteiger partial charge >= 0.3 is 0 Å². The van der Waals surface area contributed by atoms with Crippen LogP contribution in [0.3, 0.4) is 0 Å². The molecule has 1 aliphatic heterocycles. The molecule has 5 rings (SSSR count). The highest BCUT2D eigenvalue weighted by Crippen LogP contribution is 2.40. The minimum absolute atomic E-state index is 0.00419. The molecule has 2 aromatic heterocycles. The van der Waals surface area contributed by atoms with Crippen molar-refractivity contribution < 1.29 is 24.2 Å². The Bertz CT molecular complexity index is 1540. The highest BCUT2D eigenvalue weighted by molar-refractivity contribution is 6.46. The van der Waals surface area contributed by atoms with Crippen LogP contribution in [0.15, 0.2) is 78.5 Å². The van der Waals surface area contributed by atoms with Crippen LogP contribution < -0.4 is 4.74 Å². The number of aliphatic hydroxyl groups excluding tert-OH is 1. The third-order valence-corrected chi connectivity index (χ3v) is 6.81. The lowest BCUT2D eigenvalue weighted by Crippen LogP contribution is -2.32. The van der Waals surface area contributed by atoms with Gasteiger partial charge in [-0.1, -0.05) is 48.5 Å². The Balaban J connectivity index is 1.59. The van der Waals surface area contributed by atoms with E-state index in [0.29, 0.717) is 29.3 Å². The fourth-order valence-corrected chi connectivity index (χ4v) is 4.84. The molecular formula is C30H29N3O5. The number of amides is 1. The highest BCUT2D eigenvalue weighted by Gasteiger charge is 2.46. The van der Waals surface area contributed by atoms with Crippen LogP contribution in [-0.4, -0.2) is 51.3 Å². The standard InChI is InChI=1S/C30H29N3O5/c1-19-9-8-14-32-20(2)25(31-29(19)32)27(34)24-26(33(15-16-37-3)30(36)28(24)35)22-12-7-13-23(17-22)38-18-21-10-5-4-6-11-21/h4-14,17,26,34H,15-16,18H2,1-3H3. The van der Waals surface area contributed by atoms with Gasteiger partial charge in [-0.3, -0.25) is 9.59 Å². The van der Waals surface area contributed by atoms with E-state index in [4.69, 9.17) is 9.47 Å². The Morgan fingerprint density at radius 3 is 2.55 bits per heavy atom. The summed E-state index contributed by atoms with van der Waals surface area (Å²) in [5, 5.41) is 11.5. The smallest absolute Gasteiger partial charge is 0.295 e. The molecular weight excluding hydrogens is 482 g/mol. The summed E-state index contributed by atoms with van der Waals surface area (Å²) in [5.41, 5.74) is 4.19. The number of carbonyl (C=O) groups excluding carboxylic acids is 2. The van der Waals surface area contributed by atoms with Gasteiger partial charge in [0.25, 0.3) is 11.7 Å². The summed E-state index contributed by atoms with van der Waals surface area (Å²) in [6.07, 6.45) is 1.85. The van der Waals surface area contributed by atoms with Crippen molar-refractivity contribution in [2.45, 2.75) is 26.5 Å². The van der Waals surface area contributed by atoms with Gasteiger partial charge in [-0.15, -0.1) is 0 Å². The molecule has 0 spiro atoms. The fraction of sp³-hybridized carbons (Fsp3) is 0.233. The average molecular weight is 512 g/mol. The van der Waals surface area contributed by atoms with E-state index in [9.17, 15) is 14.7 Å². The zero-order chi connectivity index (χ0) is 26.8. The predicted molar refractivity (Wildman–Crippen MR) is 143 cm³/mol. The zero-order valence-corrected chi connectivity index (χ0v) is 21.5. The number of carbonyl (C=O) groups is 2. The topological polar surface area (TPSA) is 93.4 Å². The number of likely N-dealkylation sites (tertiary alicyclic amines) is 1. The second-order valence-electron chi connectivity index (χ2n) is 9.26. The van der Waals surface area contributed by atoms with Crippen molar-refractivity contribution in [1.29, 1.82) is 0 Å². The van der Waals surface area contributed by atoms with Crippen LogP contribution >= 0.6 is 0 Å². The normalized spacial score (nSPS) is 16.9. The molecule has 1 atom stereocenters. The maximum Gasteiger partial charge on any atom is 0.295 e. The lowest BCUT2D eigenvalue weighted by Gasteiger charge is -2.25. The first kappa shape index (κ1) is 25.2. The van der Waals surface area contributed by atoms with E-state index in [2.05, 4.69) is 4.98 Å².